The fourth-order valence-corrected chi connectivity index (χ4v) is 0.906. The molecule has 62 valence electrons. The van der Waals surface area contributed by atoms with Gasteiger partial charge in [-0.3, -0.25) is 9.59 Å². The summed E-state index contributed by atoms with van der Waals surface area (Å²) >= 11 is 0. The van der Waals surface area contributed by atoms with Crippen molar-refractivity contribution in [1.29, 1.82) is 0 Å². The lowest BCUT2D eigenvalue weighted by atomic mass is 10.1. The van der Waals surface area contributed by atoms with E-state index >= 15 is 0 Å². The number of ketones is 1. The van der Waals surface area contributed by atoms with Crippen molar-refractivity contribution in [3.8, 4) is 5.75 Å². The van der Waals surface area contributed by atoms with Crippen molar-refractivity contribution >= 4 is 12.1 Å². The van der Waals surface area contributed by atoms with Gasteiger partial charge in [0.1, 0.15) is 12.0 Å². The molecule has 0 unspecified atom stereocenters. The molecule has 0 fully saturated rings. The van der Waals surface area contributed by atoms with Crippen molar-refractivity contribution in [2.45, 2.75) is 6.92 Å². The molecule has 0 spiro atoms. The average molecular weight is 164 g/mol. The van der Waals surface area contributed by atoms with Crippen LogP contribution in [0.2, 0.25) is 0 Å². The molecule has 0 amide bonds. The molecule has 3 heteroatoms. The SMILES string of the molecule is CC(=O)c1cc(O)cc(C=O)c1. The van der Waals surface area contributed by atoms with E-state index < -0.39 is 0 Å². The average Bonchev–Trinajstić information content (AvgIpc) is 2.03. The number of aromatic hydroxyl groups is 1. The van der Waals surface area contributed by atoms with Gasteiger partial charge in [-0.1, -0.05) is 0 Å². The molecule has 0 saturated carbocycles. The third-order valence-electron chi connectivity index (χ3n) is 1.48. The zero-order valence-corrected chi connectivity index (χ0v) is 6.57. The number of phenols is 1. The minimum atomic E-state index is -0.172. The zero-order valence-electron chi connectivity index (χ0n) is 6.57. The van der Waals surface area contributed by atoms with Crippen LogP contribution in [0.5, 0.6) is 5.75 Å². The molecule has 1 aromatic rings. The predicted molar refractivity (Wildman–Crippen MR) is 43.5 cm³/mol. The molecule has 0 aliphatic heterocycles. The van der Waals surface area contributed by atoms with Crippen LogP contribution in [0.15, 0.2) is 18.2 Å². The molecular formula is C9H8O3. The van der Waals surface area contributed by atoms with Gasteiger partial charge in [0, 0.05) is 11.1 Å². The van der Waals surface area contributed by atoms with Crippen LogP contribution in [0, 0.1) is 0 Å². The molecule has 0 aliphatic rings. The summed E-state index contributed by atoms with van der Waals surface area (Å²) < 4.78 is 0. The molecule has 0 aliphatic carbocycles. The number of benzene rings is 1. The van der Waals surface area contributed by atoms with E-state index in [-0.39, 0.29) is 11.5 Å². The maximum atomic E-state index is 10.8. The van der Waals surface area contributed by atoms with Crippen molar-refractivity contribution in [3.63, 3.8) is 0 Å². The summed E-state index contributed by atoms with van der Waals surface area (Å²) in [7, 11) is 0. The molecular weight excluding hydrogens is 156 g/mol. The summed E-state index contributed by atoms with van der Waals surface area (Å²) in [6.45, 7) is 1.38. The Hall–Kier alpha value is -1.64. The number of rotatable bonds is 2. The minimum Gasteiger partial charge on any atom is -0.508 e. The van der Waals surface area contributed by atoms with E-state index in [0.717, 1.165) is 0 Å². The Bertz CT molecular complexity index is 329. The van der Waals surface area contributed by atoms with E-state index in [4.69, 9.17) is 5.11 Å². The third-order valence-corrected chi connectivity index (χ3v) is 1.48. The number of Topliss-reactive ketones (excluding diaryl/α,β-unsaturated/α-hetero) is 1. The number of hydrogen-bond acceptors (Lipinski definition) is 3. The van der Waals surface area contributed by atoms with Crippen LogP contribution < -0.4 is 0 Å². The zero-order chi connectivity index (χ0) is 9.14. The van der Waals surface area contributed by atoms with Crippen LogP contribution in [0.1, 0.15) is 27.6 Å². The summed E-state index contributed by atoms with van der Waals surface area (Å²) in [5, 5.41) is 9.06. The molecule has 1 rings (SSSR count). The number of carbonyl (C=O) groups excluding carboxylic acids is 2. The monoisotopic (exact) mass is 164 g/mol. The number of hydrogen-bond donors (Lipinski definition) is 1. The van der Waals surface area contributed by atoms with E-state index in [1.165, 1.54) is 25.1 Å². The Morgan fingerprint density at radius 1 is 1.42 bits per heavy atom. The van der Waals surface area contributed by atoms with Crippen LogP contribution in [0.3, 0.4) is 0 Å². The van der Waals surface area contributed by atoms with E-state index in [0.29, 0.717) is 17.4 Å². The van der Waals surface area contributed by atoms with Crippen molar-refractivity contribution in [2.75, 3.05) is 0 Å². The Morgan fingerprint density at radius 3 is 2.58 bits per heavy atom. The molecule has 0 aromatic heterocycles. The van der Waals surface area contributed by atoms with Gasteiger partial charge in [-0.05, 0) is 25.1 Å². The highest BCUT2D eigenvalue weighted by Gasteiger charge is 2.02. The maximum Gasteiger partial charge on any atom is 0.159 e. The van der Waals surface area contributed by atoms with Crippen LogP contribution in [-0.2, 0) is 0 Å². The first-order valence-corrected chi connectivity index (χ1v) is 3.43. The summed E-state index contributed by atoms with van der Waals surface area (Å²) in [5.41, 5.74) is 0.650. The summed E-state index contributed by atoms with van der Waals surface area (Å²) in [5.74, 6) is -0.237. The van der Waals surface area contributed by atoms with E-state index in [9.17, 15) is 9.59 Å². The summed E-state index contributed by atoms with van der Waals surface area (Å²) in [4.78, 5) is 21.1. The third kappa shape index (κ3) is 1.69. The van der Waals surface area contributed by atoms with Crippen molar-refractivity contribution < 1.29 is 14.7 Å². The standard InChI is InChI=1S/C9H8O3/c1-6(11)8-2-7(5-10)3-9(12)4-8/h2-5,12H,1H3. The van der Waals surface area contributed by atoms with Gasteiger partial charge in [0.25, 0.3) is 0 Å². The fraction of sp³-hybridized carbons (Fsp3) is 0.111. The quantitative estimate of drug-likeness (QED) is 0.531. The van der Waals surface area contributed by atoms with Crippen LogP contribution in [0.4, 0.5) is 0 Å². The predicted octanol–water partition coefficient (Wildman–Crippen LogP) is 1.41. The second kappa shape index (κ2) is 3.17. The van der Waals surface area contributed by atoms with E-state index in [2.05, 4.69) is 0 Å². The van der Waals surface area contributed by atoms with Gasteiger partial charge >= 0.3 is 0 Å². The Labute approximate surface area is 69.6 Å². The highest BCUT2D eigenvalue weighted by molar-refractivity contribution is 5.96. The second-order valence-corrected chi connectivity index (χ2v) is 2.49. The highest BCUT2D eigenvalue weighted by atomic mass is 16.3. The van der Waals surface area contributed by atoms with E-state index in [1.807, 2.05) is 0 Å². The van der Waals surface area contributed by atoms with Gasteiger partial charge in [0.2, 0.25) is 0 Å². The topological polar surface area (TPSA) is 54.4 Å². The Morgan fingerprint density at radius 2 is 2.08 bits per heavy atom. The normalized spacial score (nSPS) is 9.42. The lowest BCUT2D eigenvalue weighted by Gasteiger charge is -1.98. The van der Waals surface area contributed by atoms with Gasteiger partial charge in [-0.15, -0.1) is 0 Å². The van der Waals surface area contributed by atoms with Crippen LogP contribution in [0.25, 0.3) is 0 Å². The fourth-order valence-electron chi connectivity index (χ4n) is 0.906. The largest absolute Gasteiger partial charge is 0.508 e. The van der Waals surface area contributed by atoms with Gasteiger partial charge < -0.3 is 5.11 Å². The Kier molecular flexibility index (Phi) is 2.24. The number of carbonyl (C=O) groups is 2. The molecule has 0 bridgehead atoms. The summed E-state index contributed by atoms with van der Waals surface area (Å²) in [6.07, 6.45) is 0.589. The molecule has 0 atom stereocenters. The van der Waals surface area contributed by atoms with Crippen molar-refractivity contribution in [2.24, 2.45) is 0 Å². The van der Waals surface area contributed by atoms with Gasteiger partial charge in [0.05, 0.1) is 0 Å². The molecule has 12 heavy (non-hydrogen) atoms. The van der Waals surface area contributed by atoms with Gasteiger partial charge in [0.15, 0.2) is 5.78 Å². The van der Waals surface area contributed by atoms with Crippen LogP contribution in [-0.4, -0.2) is 17.2 Å². The molecule has 1 aromatic carbocycles. The van der Waals surface area contributed by atoms with E-state index in [1.54, 1.807) is 0 Å². The van der Waals surface area contributed by atoms with Crippen molar-refractivity contribution in [1.82, 2.24) is 0 Å². The second-order valence-electron chi connectivity index (χ2n) is 2.49. The number of aldehydes is 1. The lowest BCUT2D eigenvalue weighted by molar-refractivity contribution is 0.101. The molecule has 0 saturated heterocycles. The van der Waals surface area contributed by atoms with Gasteiger partial charge in [-0.25, -0.2) is 0 Å². The number of phenolic OH excluding ortho intramolecular Hbond substituents is 1. The molecule has 3 nitrogen and oxygen atoms in total. The minimum absolute atomic E-state index is 0.0650. The van der Waals surface area contributed by atoms with Crippen LogP contribution >= 0.6 is 0 Å². The first kappa shape index (κ1) is 8.46. The lowest BCUT2D eigenvalue weighted by Crippen LogP contribution is -1.93. The smallest absolute Gasteiger partial charge is 0.159 e. The Balaban J connectivity index is 3.23. The molecule has 0 heterocycles. The maximum absolute atomic E-state index is 10.8. The molecule has 1 N–H and O–H groups in total. The highest BCUT2D eigenvalue weighted by Crippen LogP contribution is 2.14. The molecule has 0 radical (unpaired) electrons. The first-order valence-electron chi connectivity index (χ1n) is 3.43. The first-order chi connectivity index (χ1) is 5.63. The van der Waals surface area contributed by atoms with Gasteiger partial charge in [-0.2, -0.15) is 0 Å². The van der Waals surface area contributed by atoms with Crippen molar-refractivity contribution in [3.05, 3.63) is 29.3 Å². The summed E-state index contributed by atoms with van der Waals surface area (Å²) in [6, 6.07) is 4.07.